The molecule has 0 aliphatic carbocycles. The number of amides is 1. The lowest BCUT2D eigenvalue weighted by Crippen LogP contribution is -2.29. The predicted octanol–water partition coefficient (Wildman–Crippen LogP) is 0.463. The van der Waals surface area contributed by atoms with Crippen LogP contribution in [0, 0.1) is 6.92 Å². The van der Waals surface area contributed by atoms with Gasteiger partial charge in [-0.15, -0.1) is 0 Å². The zero-order chi connectivity index (χ0) is 12.1. The van der Waals surface area contributed by atoms with Crippen molar-refractivity contribution in [1.82, 2.24) is 9.88 Å². The molecule has 0 bridgehead atoms. The summed E-state index contributed by atoms with van der Waals surface area (Å²) < 4.78 is 5.09. The summed E-state index contributed by atoms with van der Waals surface area (Å²) in [6.45, 7) is 2.05. The first-order valence-electron chi connectivity index (χ1n) is 4.97. The summed E-state index contributed by atoms with van der Waals surface area (Å²) in [5.41, 5.74) is 1.20. The summed E-state index contributed by atoms with van der Waals surface area (Å²) in [4.78, 5) is 17.3. The number of aliphatic hydroxyl groups is 1. The van der Waals surface area contributed by atoms with E-state index in [0.717, 1.165) is 5.69 Å². The van der Waals surface area contributed by atoms with E-state index in [9.17, 15) is 4.79 Å². The van der Waals surface area contributed by atoms with Crippen molar-refractivity contribution in [1.29, 1.82) is 0 Å². The maximum absolute atomic E-state index is 11.8. The molecule has 0 spiro atoms. The summed E-state index contributed by atoms with van der Waals surface area (Å²) in [7, 11) is 3.17. The van der Waals surface area contributed by atoms with Gasteiger partial charge in [0.1, 0.15) is 5.75 Å². The number of likely N-dealkylation sites (N-methyl/N-ethyl adjacent to an activating group) is 1. The van der Waals surface area contributed by atoms with Crippen molar-refractivity contribution in [2.24, 2.45) is 0 Å². The zero-order valence-corrected chi connectivity index (χ0v) is 9.73. The van der Waals surface area contributed by atoms with E-state index in [4.69, 9.17) is 9.84 Å². The van der Waals surface area contributed by atoms with Crippen molar-refractivity contribution in [2.75, 3.05) is 27.3 Å². The van der Waals surface area contributed by atoms with E-state index in [2.05, 4.69) is 4.98 Å². The van der Waals surface area contributed by atoms with Gasteiger partial charge in [0.2, 0.25) is 0 Å². The minimum absolute atomic E-state index is 0.0569. The van der Waals surface area contributed by atoms with Gasteiger partial charge in [0.25, 0.3) is 5.91 Å². The summed E-state index contributed by atoms with van der Waals surface area (Å²) >= 11 is 0. The van der Waals surface area contributed by atoms with Crippen LogP contribution in [0.25, 0.3) is 0 Å². The molecule has 5 nitrogen and oxygen atoms in total. The number of carbonyl (C=O) groups is 1. The second-order valence-corrected chi connectivity index (χ2v) is 3.46. The van der Waals surface area contributed by atoms with E-state index in [-0.39, 0.29) is 12.5 Å². The smallest absolute Gasteiger partial charge is 0.255 e. The topological polar surface area (TPSA) is 62.7 Å². The van der Waals surface area contributed by atoms with Crippen LogP contribution >= 0.6 is 0 Å². The summed E-state index contributed by atoms with van der Waals surface area (Å²) in [6.07, 6.45) is 1.51. The molecular formula is C11H16N2O3. The number of carbonyl (C=O) groups excluding carboxylic acids is 1. The van der Waals surface area contributed by atoms with Crippen LogP contribution in [0.15, 0.2) is 12.3 Å². The van der Waals surface area contributed by atoms with Gasteiger partial charge >= 0.3 is 0 Å². The largest absolute Gasteiger partial charge is 0.495 e. The Morgan fingerprint density at radius 2 is 2.31 bits per heavy atom. The second-order valence-electron chi connectivity index (χ2n) is 3.46. The number of ether oxygens (including phenoxy) is 1. The molecule has 1 aromatic heterocycles. The summed E-state index contributed by atoms with van der Waals surface area (Å²) in [5.74, 6) is 0.406. The quantitative estimate of drug-likeness (QED) is 0.807. The van der Waals surface area contributed by atoms with Crippen molar-refractivity contribution >= 4 is 5.91 Å². The average molecular weight is 224 g/mol. The Balaban J connectivity index is 2.92. The van der Waals surface area contributed by atoms with Crippen LogP contribution in [-0.4, -0.2) is 48.2 Å². The van der Waals surface area contributed by atoms with Crippen molar-refractivity contribution in [3.05, 3.63) is 23.5 Å². The van der Waals surface area contributed by atoms with E-state index in [0.29, 0.717) is 17.9 Å². The van der Waals surface area contributed by atoms with E-state index in [1.165, 1.54) is 18.2 Å². The van der Waals surface area contributed by atoms with Gasteiger partial charge in [-0.05, 0) is 13.0 Å². The zero-order valence-electron chi connectivity index (χ0n) is 9.73. The highest BCUT2D eigenvalue weighted by Gasteiger charge is 2.13. The van der Waals surface area contributed by atoms with Gasteiger partial charge in [-0.2, -0.15) is 0 Å². The molecule has 0 unspecified atom stereocenters. The van der Waals surface area contributed by atoms with Crippen LogP contribution in [0.4, 0.5) is 0 Å². The molecule has 88 valence electrons. The maximum atomic E-state index is 11.8. The predicted molar refractivity (Wildman–Crippen MR) is 59.6 cm³/mol. The number of nitrogens with zero attached hydrogens (tertiary/aromatic N) is 2. The van der Waals surface area contributed by atoms with Gasteiger partial charge in [0, 0.05) is 19.8 Å². The summed E-state index contributed by atoms with van der Waals surface area (Å²) in [6, 6.07) is 1.65. The summed E-state index contributed by atoms with van der Waals surface area (Å²) in [5, 5.41) is 8.74. The van der Waals surface area contributed by atoms with Crippen molar-refractivity contribution in [3.8, 4) is 5.75 Å². The van der Waals surface area contributed by atoms with E-state index in [1.54, 1.807) is 13.1 Å². The molecule has 5 heteroatoms. The average Bonchev–Trinajstić information content (AvgIpc) is 2.29. The van der Waals surface area contributed by atoms with Crippen LogP contribution in [0.2, 0.25) is 0 Å². The number of rotatable bonds is 4. The van der Waals surface area contributed by atoms with Crippen molar-refractivity contribution < 1.29 is 14.6 Å². The fraction of sp³-hybridized carbons (Fsp3) is 0.455. The Morgan fingerprint density at radius 3 is 2.88 bits per heavy atom. The Labute approximate surface area is 94.7 Å². The fourth-order valence-corrected chi connectivity index (χ4v) is 1.31. The van der Waals surface area contributed by atoms with Crippen LogP contribution in [-0.2, 0) is 0 Å². The monoisotopic (exact) mass is 224 g/mol. The molecule has 0 aliphatic heterocycles. The molecule has 0 saturated carbocycles. The highest BCUT2D eigenvalue weighted by atomic mass is 16.5. The Kier molecular flexibility index (Phi) is 4.25. The second kappa shape index (κ2) is 5.46. The molecule has 1 N–H and O–H groups in total. The van der Waals surface area contributed by atoms with Gasteiger partial charge in [-0.1, -0.05) is 0 Å². The van der Waals surface area contributed by atoms with Gasteiger partial charge in [-0.25, -0.2) is 0 Å². The third kappa shape index (κ3) is 2.70. The molecule has 1 rings (SSSR count). The van der Waals surface area contributed by atoms with E-state index < -0.39 is 0 Å². The van der Waals surface area contributed by atoms with E-state index >= 15 is 0 Å². The molecular weight excluding hydrogens is 208 g/mol. The molecule has 0 aromatic carbocycles. The van der Waals surface area contributed by atoms with Crippen LogP contribution in [0.3, 0.4) is 0 Å². The number of hydrogen-bond acceptors (Lipinski definition) is 4. The lowest BCUT2D eigenvalue weighted by atomic mass is 10.2. The number of aromatic nitrogens is 1. The molecule has 0 atom stereocenters. The Bertz CT molecular complexity index is 379. The number of hydrogen-bond donors (Lipinski definition) is 1. The van der Waals surface area contributed by atoms with E-state index in [1.807, 2.05) is 6.92 Å². The molecule has 16 heavy (non-hydrogen) atoms. The highest BCUT2D eigenvalue weighted by molar-refractivity contribution is 5.94. The Hall–Kier alpha value is -1.62. The first-order valence-corrected chi connectivity index (χ1v) is 4.97. The minimum Gasteiger partial charge on any atom is -0.495 e. The molecule has 1 heterocycles. The third-order valence-electron chi connectivity index (χ3n) is 2.29. The Morgan fingerprint density at radius 1 is 1.62 bits per heavy atom. The first kappa shape index (κ1) is 12.4. The number of methoxy groups -OCH3 is 1. The van der Waals surface area contributed by atoms with Crippen molar-refractivity contribution in [3.63, 3.8) is 0 Å². The number of aryl methyl sites for hydroxylation is 1. The molecule has 1 amide bonds. The highest BCUT2D eigenvalue weighted by Crippen LogP contribution is 2.17. The van der Waals surface area contributed by atoms with Crippen LogP contribution in [0.1, 0.15) is 16.1 Å². The fourth-order valence-electron chi connectivity index (χ4n) is 1.31. The maximum Gasteiger partial charge on any atom is 0.255 e. The van der Waals surface area contributed by atoms with Gasteiger partial charge < -0.3 is 14.7 Å². The molecule has 0 radical (unpaired) electrons. The lowest BCUT2D eigenvalue weighted by Gasteiger charge is -2.16. The molecule has 0 aliphatic rings. The van der Waals surface area contributed by atoms with Gasteiger partial charge in [-0.3, -0.25) is 9.78 Å². The number of aliphatic hydroxyl groups excluding tert-OH is 1. The van der Waals surface area contributed by atoms with Gasteiger partial charge in [0.15, 0.2) is 0 Å². The third-order valence-corrected chi connectivity index (χ3v) is 2.29. The minimum atomic E-state index is -0.181. The molecule has 0 saturated heterocycles. The van der Waals surface area contributed by atoms with Crippen LogP contribution < -0.4 is 4.74 Å². The SMILES string of the molecule is COc1cc(C(=O)N(C)CCO)cnc1C. The van der Waals surface area contributed by atoms with Crippen LogP contribution in [0.5, 0.6) is 5.75 Å². The molecule has 1 aromatic rings. The molecule has 0 fully saturated rings. The van der Waals surface area contributed by atoms with Crippen molar-refractivity contribution in [2.45, 2.75) is 6.92 Å². The lowest BCUT2D eigenvalue weighted by molar-refractivity contribution is 0.0766. The first-order chi connectivity index (χ1) is 7.60. The standard InChI is InChI=1S/C11H16N2O3/c1-8-10(16-3)6-9(7-12-8)11(15)13(2)4-5-14/h6-7,14H,4-5H2,1-3H3. The van der Waals surface area contributed by atoms with Gasteiger partial charge in [0.05, 0.1) is 25.0 Å². The number of pyridine rings is 1. The normalized spacial score (nSPS) is 10.0.